The lowest BCUT2D eigenvalue weighted by Gasteiger charge is -2.32. The molecule has 0 atom stereocenters. The monoisotopic (exact) mass is 314 g/mol. The van der Waals surface area contributed by atoms with Crippen LogP contribution in [0.1, 0.15) is 27.7 Å². The van der Waals surface area contributed by atoms with Gasteiger partial charge in [0.05, 0.1) is 18.3 Å². The summed E-state index contributed by atoms with van der Waals surface area (Å²) in [4.78, 5) is 0. The lowest BCUT2D eigenvalue weighted by atomic mass is 9.78. The second-order valence-electron chi connectivity index (χ2n) is 6.27. The van der Waals surface area contributed by atoms with Crippen molar-refractivity contribution in [3.05, 3.63) is 12.1 Å². The Kier molecular flexibility index (Phi) is 3.13. The average Bonchev–Trinajstić information content (AvgIpc) is 2.79. The molecule has 2 heterocycles. The molecule has 5 nitrogen and oxygen atoms in total. The van der Waals surface area contributed by atoms with Crippen LogP contribution in [0.3, 0.4) is 0 Å². The second kappa shape index (κ2) is 4.49. The number of benzene rings is 1. The summed E-state index contributed by atoms with van der Waals surface area (Å²) in [5, 5.41) is 0. The van der Waals surface area contributed by atoms with Crippen LogP contribution in [-0.4, -0.2) is 31.7 Å². The van der Waals surface area contributed by atoms with Gasteiger partial charge < -0.3 is 23.5 Å². The van der Waals surface area contributed by atoms with Crippen molar-refractivity contribution in [1.82, 2.24) is 0 Å². The van der Waals surface area contributed by atoms with Crippen LogP contribution in [0.2, 0.25) is 0 Å². The molecule has 0 spiro atoms. The third-order valence-electron chi connectivity index (χ3n) is 4.27. The molecule has 1 fully saturated rings. The first-order valence-corrected chi connectivity index (χ1v) is 6.89. The van der Waals surface area contributed by atoms with E-state index in [0.29, 0.717) is 5.46 Å². The maximum Gasteiger partial charge on any atom is 0.586 e. The Balaban J connectivity index is 2.01. The van der Waals surface area contributed by atoms with Gasteiger partial charge in [0.25, 0.3) is 0 Å². The van der Waals surface area contributed by atoms with E-state index in [2.05, 4.69) is 9.47 Å². The molecule has 3 rings (SSSR count). The van der Waals surface area contributed by atoms with Gasteiger partial charge in [0.2, 0.25) is 5.75 Å². The SMILES string of the molecule is COc1c(B2OC(C)(C)C(C)(C)O2)ccc2c1OC(F)(F)O2. The standard InChI is InChI=1S/C14H17BF2O5/c1-12(2)13(3,4)22-15(21-12)8-6-7-9-11(10(8)18-5)20-14(16,17)19-9/h6-7H,1-5H3. The number of methoxy groups -OCH3 is 1. The number of fused-ring (bicyclic) bond motifs is 1. The van der Waals surface area contributed by atoms with Crippen molar-refractivity contribution in [2.24, 2.45) is 0 Å². The molecule has 0 amide bonds. The van der Waals surface area contributed by atoms with Crippen molar-refractivity contribution in [3.63, 3.8) is 0 Å². The molecule has 0 saturated carbocycles. The number of hydrogen-bond acceptors (Lipinski definition) is 5. The van der Waals surface area contributed by atoms with Gasteiger partial charge in [-0.15, -0.1) is 8.78 Å². The first-order valence-electron chi connectivity index (χ1n) is 6.89. The highest BCUT2D eigenvalue weighted by atomic mass is 19.3. The van der Waals surface area contributed by atoms with Gasteiger partial charge in [-0.05, 0) is 33.8 Å². The molecule has 0 bridgehead atoms. The number of rotatable bonds is 2. The Morgan fingerprint density at radius 1 is 1.00 bits per heavy atom. The third-order valence-corrected chi connectivity index (χ3v) is 4.27. The van der Waals surface area contributed by atoms with Crippen LogP contribution in [-0.2, 0) is 9.31 Å². The minimum Gasteiger partial charge on any atom is -0.493 e. The zero-order chi connectivity index (χ0) is 16.3. The molecule has 0 aromatic heterocycles. The minimum absolute atomic E-state index is 0.0814. The summed E-state index contributed by atoms with van der Waals surface area (Å²) in [6.45, 7) is 7.61. The van der Waals surface area contributed by atoms with Crippen molar-refractivity contribution >= 4 is 12.6 Å². The molecule has 0 unspecified atom stereocenters. The van der Waals surface area contributed by atoms with E-state index < -0.39 is 24.6 Å². The molecule has 0 N–H and O–H groups in total. The zero-order valence-corrected chi connectivity index (χ0v) is 13.0. The molecule has 22 heavy (non-hydrogen) atoms. The smallest absolute Gasteiger partial charge is 0.493 e. The lowest BCUT2D eigenvalue weighted by Crippen LogP contribution is -2.41. The van der Waals surface area contributed by atoms with Crippen LogP contribution >= 0.6 is 0 Å². The van der Waals surface area contributed by atoms with E-state index in [4.69, 9.17) is 14.0 Å². The Bertz CT molecular complexity index is 601. The van der Waals surface area contributed by atoms with Crippen molar-refractivity contribution < 1.29 is 32.3 Å². The van der Waals surface area contributed by atoms with Crippen LogP contribution in [0.5, 0.6) is 17.2 Å². The molecule has 0 radical (unpaired) electrons. The molecule has 1 aromatic rings. The third kappa shape index (κ3) is 2.21. The first kappa shape index (κ1) is 15.4. The molecular weight excluding hydrogens is 297 g/mol. The fourth-order valence-electron chi connectivity index (χ4n) is 2.37. The number of hydrogen-bond donors (Lipinski definition) is 0. The maximum atomic E-state index is 13.2. The van der Waals surface area contributed by atoms with E-state index in [0.717, 1.165) is 0 Å². The summed E-state index contributed by atoms with van der Waals surface area (Å²) in [5.41, 5.74) is -0.632. The van der Waals surface area contributed by atoms with E-state index in [1.807, 2.05) is 27.7 Å². The summed E-state index contributed by atoms with van der Waals surface area (Å²) in [7, 11) is 0.618. The van der Waals surface area contributed by atoms with Gasteiger partial charge >= 0.3 is 13.4 Å². The van der Waals surface area contributed by atoms with Crippen molar-refractivity contribution in [2.45, 2.75) is 45.2 Å². The summed E-state index contributed by atoms with van der Waals surface area (Å²) >= 11 is 0. The quantitative estimate of drug-likeness (QED) is 0.784. The fraction of sp³-hybridized carbons (Fsp3) is 0.571. The molecule has 1 aromatic carbocycles. The molecule has 2 aliphatic rings. The summed E-state index contributed by atoms with van der Waals surface area (Å²) in [5.74, 6) is -0.116. The maximum absolute atomic E-state index is 13.2. The zero-order valence-electron chi connectivity index (χ0n) is 13.0. The largest absolute Gasteiger partial charge is 0.586 e. The van der Waals surface area contributed by atoms with Gasteiger partial charge in [0.15, 0.2) is 11.5 Å². The van der Waals surface area contributed by atoms with Crippen LogP contribution in [0, 0.1) is 0 Å². The molecule has 120 valence electrons. The van der Waals surface area contributed by atoms with Gasteiger partial charge in [-0.3, -0.25) is 0 Å². The van der Waals surface area contributed by atoms with Crippen molar-refractivity contribution in [1.29, 1.82) is 0 Å². The highest BCUT2D eigenvalue weighted by Crippen LogP contribution is 2.47. The summed E-state index contributed by atoms with van der Waals surface area (Å²) in [6, 6.07) is 2.96. The van der Waals surface area contributed by atoms with Crippen LogP contribution < -0.4 is 19.7 Å². The predicted molar refractivity (Wildman–Crippen MR) is 74.9 cm³/mol. The number of halogens is 2. The Hall–Kier alpha value is -1.54. The van der Waals surface area contributed by atoms with Crippen LogP contribution in [0.25, 0.3) is 0 Å². The lowest BCUT2D eigenvalue weighted by molar-refractivity contribution is -0.287. The minimum atomic E-state index is -3.70. The van der Waals surface area contributed by atoms with Gasteiger partial charge in [0.1, 0.15) is 0 Å². The first-order chi connectivity index (χ1) is 10.1. The highest BCUT2D eigenvalue weighted by molar-refractivity contribution is 6.63. The molecular formula is C14H17BF2O5. The van der Waals surface area contributed by atoms with Gasteiger partial charge in [-0.25, -0.2) is 0 Å². The summed E-state index contributed by atoms with van der Waals surface area (Å²) < 4.78 is 52.5. The van der Waals surface area contributed by atoms with E-state index in [9.17, 15) is 8.78 Å². The highest BCUT2D eigenvalue weighted by Gasteiger charge is 2.54. The Labute approximate surface area is 127 Å². The second-order valence-corrected chi connectivity index (χ2v) is 6.27. The van der Waals surface area contributed by atoms with E-state index in [1.54, 1.807) is 6.07 Å². The van der Waals surface area contributed by atoms with Crippen molar-refractivity contribution in [3.8, 4) is 17.2 Å². The van der Waals surface area contributed by atoms with E-state index >= 15 is 0 Å². The number of alkyl halides is 2. The molecule has 8 heteroatoms. The molecule has 1 saturated heterocycles. The van der Waals surface area contributed by atoms with Crippen LogP contribution in [0.4, 0.5) is 8.78 Å². The molecule has 2 aliphatic heterocycles. The van der Waals surface area contributed by atoms with E-state index in [-0.39, 0.29) is 17.2 Å². The van der Waals surface area contributed by atoms with E-state index in [1.165, 1.54) is 13.2 Å². The molecule has 0 aliphatic carbocycles. The number of ether oxygens (including phenoxy) is 3. The van der Waals surface area contributed by atoms with Gasteiger partial charge in [0, 0.05) is 5.46 Å². The van der Waals surface area contributed by atoms with Crippen molar-refractivity contribution in [2.75, 3.05) is 7.11 Å². The van der Waals surface area contributed by atoms with Crippen LogP contribution in [0.15, 0.2) is 12.1 Å². The predicted octanol–water partition coefficient (Wildman–Crippen LogP) is 2.32. The summed E-state index contributed by atoms with van der Waals surface area (Å²) in [6.07, 6.45) is -3.70. The Morgan fingerprint density at radius 2 is 1.59 bits per heavy atom. The topological polar surface area (TPSA) is 46.2 Å². The average molecular weight is 314 g/mol. The van der Waals surface area contributed by atoms with Gasteiger partial charge in [-0.1, -0.05) is 6.07 Å². The fourth-order valence-corrected chi connectivity index (χ4v) is 2.37. The normalized spacial score (nSPS) is 23.7. The van der Waals surface area contributed by atoms with Gasteiger partial charge in [-0.2, -0.15) is 0 Å². The Morgan fingerprint density at radius 3 is 2.14 bits per heavy atom.